The van der Waals surface area contributed by atoms with Crippen molar-refractivity contribution in [3.8, 4) is 0 Å². The molecule has 0 unspecified atom stereocenters. The van der Waals surface area contributed by atoms with E-state index in [0.717, 1.165) is 44.2 Å². The molecule has 4 heteroatoms. The molecule has 0 aromatic heterocycles. The summed E-state index contributed by atoms with van der Waals surface area (Å²) in [6.45, 7) is 5.47. The average molecular weight is 299 g/mol. The molecule has 1 aromatic carbocycles. The molecule has 1 aliphatic rings. The SMILES string of the molecule is Fc1ccc(N2CCN(CCCCCCCl)CC2)cc1. The van der Waals surface area contributed by atoms with Crippen LogP contribution in [0.15, 0.2) is 24.3 Å². The first-order valence-corrected chi connectivity index (χ1v) is 8.12. The highest BCUT2D eigenvalue weighted by Gasteiger charge is 2.16. The van der Waals surface area contributed by atoms with E-state index in [-0.39, 0.29) is 5.82 Å². The summed E-state index contributed by atoms with van der Waals surface area (Å²) >= 11 is 5.67. The van der Waals surface area contributed by atoms with Crippen LogP contribution in [0.25, 0.3) is 0 Å². The molecule has 0 bridgehead atoms. The van der Waals surface area contributed by atoms with E-state index < -0.39 is 0 Å². The molecule has 1 aliphatic heterocycles. The molecule has 1 heterocycles. The second-order valence-corrected chi connectivity index (χ2v) is 5.79. The number of hydrogen-bond acceptors (Lipinski definition) is 2. The maximum absolute atomic E-state index is 12.9. The maximum atomic E-state index is 12.9. The largest absolute Gasteiger partial charge is 0.369 e. The zero-order valence-electron chi connectivity index (χ0n) is 12.0. The van der Waals surface area contributed by atoms with E-state index >= 15 is 0 Å². The molecular weight excluding hydrogens is 275 g/mol. The van der Waals surface area contributed by atoms with Crippen LogP contribution in [0, 0.1) is 5.82 Å². The Balaban J connectivity index is 1.66. The number of nitrogens with zero attached hydrogens (tertiary/aromatic N) is 2. The van der Waals surface area contributed by atoms with Gasteiger partial charge in [0, 0.05) is 37.7 Å². The summed E-state index contributed by atoms with van der Waals surface area (Å²) in [6.07, 6.45) is 4.94. The Morgan fingerprint density at radius 2 is 1.55 bits per heavy atom. The second kappa shape index (κ2) is 8.48. The molecule has 2 rings (SSSR count). The Hall–Kier alpha value is -0.800. The lowest BCUT2D eigenvalue weighted by atomic mass is 10.2. The van der Waals surface area contributed by atoms with Crippen LogP contribution < -0.4 is 4.90 Å². The van der Waals surface area contributed by atoms with Crippen molar-refractivity contribution < 1.29 is 4.39 Å². The lowest BCUT2D eigenvalue weighted by Gasteiger charge is -2.36. The molecule has 0 atom stereocenters. The van der Waals surface area contributed by atoms with Gasteiger partial charge in [-0.05, 0) is 43.7 Å². The Morgan fingerprint density at radius 3 is 2.20 bits per heavy atom. The van der Waals surface area contributed by atoms with Crippen molar-refractivity contribution in [1.82, 2.24) is 4.90 Å². The predicted octanol–water partition coefficient (Wildman–Crippen LogP) is 3.75. The topological polar surface area (TPSA) is 6.48 Å². The fourth-order valence-corrected chi connectivity index (χ4v) is 2.85. The van der Waals surface area contributed by atoms with Gasteiger partial charge < -0.3 is 4.90 Å². The van der Waals surface area contributed by atoms with E-state index in [1.807, 2.05) is 12.1 Å². The molecule has 0 saturated carbocycles. The highest BCUT2D eigenvalue weighted by molar-refractivity contribution is 6.17. The highest BCUT2D eigenvalue weighted by atomic mass is 35.5. The van der Waals surface area contributed by atoms with Crippen LogP contribution in [0.4, 0.5) is 10.1 Å². The third-order valence-corrected chi connectivity index (χ3v) is 4.19. The van der Waals surface area contributed by atoms with Crippen LogP contribution >= 0.6 is 11.6 Å². The van der Waals surface area contributed by atoms with E-state index in [0.29, 0.717) is 0 Å². The predicted molar refractivity (Wildman–Crippen MR) is 84.2 cm³/mol. The summed E-state index contributed by atoms with van der Waals surface area (Å²) < 4.78 is 12.9. The standard InChI is InChI=1S/C16H24ClFN2/c17-9-3-1-2-4-10-19-11-13-20(14-12-19)16-7-5-15(18)6-8-16/h5-8H,1-4,9-14H2. The number of piperazine rings is 1. The Bertz CT molecular complexity index is 375. The van der Waals surface area contributed by atoms with Crippen LogP contribution in [-0.4, -0.2) is 43.5 Å². The third kappa shape index (κ3) is 4.95. The minimum atomic E-state index is -0.163. The van der Waals surface area contributed by atoms with Gasteiger partial charge in [-0.2, -0.15) is 0 Å². The molecule has 0 spiro atoms. The molecule has 0 aliphatic carbocycles. The summed E-state index contributed by atoms with van der Waals surface area (Å²) in [5, 5.41) is 0. The average Bonchev–Trinajstić information content (AvgIpc) is 2.49. The minimum Gasteiger partial charge on any atom is -0.369 e. The number of halogens is 2. The second-order valence-electron chi connectivity index (χ2n) is 5.41. The van der Waals surface area contributed by atoms with Crippen LogP contribution in [-0.2, 0) is 0 Å². The molecule has 2 nitrogen and oxygen atoms in total. The molecule has 0 radical (unpaired) electrons. The molecule has 1 aromatic rings. The zero-order chi connectivity index (χ0) is 14.2. The monoisotopic (exact) mass is 298 g/mol. The fraction of sp³-hybridized carbons (Fsp3) is 0.625. The van der Waals surface area contributed by atoms with Crippen molar-refractivity contribution in [2.45, 2.75) is 25.7 Å². The van der Waals surface area contributed by atoms with Crippen LogP contribution in [0.1, 0.15) is 25.7 Å². The molecule has 1 saturated heterocycles. The van der Waals surface area contributed by atoms with Crippen LogP contribution in [0.3, 0.4) is 0 Å². The molecule has 0 amide bonds. The Morgan fingerprint density at radius 1 is 0.900 bits per heavy atom. The van der Waals surface area contributed by atoms with Gasteiger partial charge >= 0.3 is 0 Å². The molecule has 112 valence electrons. The molecule has 0 N–H and O–H groups in total. The first kappa shape index (κ1) is 15.6. The normalized spacial score (nSPS) is 16.6. The van der Waals surface area contributed by atoms with Gasteiger partial charge in [0.1, 0.15) is 5.82 Å². The molecule has 20 heavy (non-hydrogen) atoms. The van der Waals surface area contributed by atoms with Crippen molar-refractivity contribution in [3.63, 3.8) is 0 Å². The summed E-state index contributed by atoms with van der Waals surface area (Å²) in [5.74, 6) is 0.625. The smallest absolute Gasteiger partial charge is 0.123 e. The number of hydrogen-bond donors (Lipinski definition) is 0. The van der Waals surface area contributed by atoms with Gasteiger partial charge in [-0.1, -0.05) is 12.8 Å². The van der Waals surface area contributed by atoms with E-state index in [4.69, 9.17) is 11.6 Å². The van der Waals surface area contributed by atoms with Crippen LogP contribution in [0.2, 0.25) is 0 Å². The number of benzene rings is 1. The van der Waals surface area contributed by atoms with Gasteiger partial charge in [0.15, 0.2) is 0 Å². The van der Waals surface area contributed by atoms with Crippen molar-refractivity contribution in [3.05, 3.63) is 30.1 Å². The van der Waals surface area contributed by atoms with Gasteiger partial charge in [-0.25, -0.2) is 4.39 Å². The number of alkyl halides is 1. The van der Waals surface area contributed by atoms with Gasteiger partial charge in [0.05, 0.1) is 0 Å². The lowest BCUT2D eigenvalue weighted by molar-refractivity contribution is 0.252. The summed E-state index contributed by atoms with van der Waals surface area (Å²) in [4.78, 5) is 4.87. The van der Waals surface area contributed by atoms with E-state index in [9.17, 15) is 4.39 Å². The summed E-state index contributed by atoms with van der Waals surface area (Å²) in [7, 11) is 0. The summed E-state index contributed by atoms with van der Waals surface area (Å²) in [5.41, 5.74) is 1.13. The maximum Gasteiger partial charge on any atom is 0.123 e. The highest BCUT2D eigenvalue weighted by Crippen LogP contribution is 2.17. The van der Waals surface area contributed by atoms with Gasteiger partial charge in [-0.3, -0.25) is 4.90 Å². The van der Waals surface area contributed by atoms with Gasteiger partial charge in [0.2, 0.25) is 0 Å². The van der Waals surface area contributed by atoms with E-state index in [1.54, 1.807) is 12.1 Å². The van der Waals surface area contributed by atoms with E-state index in [2.05, 4.69) is 9.80 Å². The fourth-order valence-electron chi connectivity index (χ4n) is 2.67. The number of anilines is 1. The Kier molecular flexibility index (Phi) is 6.61. The van der Waals surface area contributed by atoms with E-state index in [1.165, 1.54) is 25.8 Å². The quantitative estimate of drug-likeness (QED) is 0.559. The Labute approximate surface area is 126 Å². The number of unbranched alkanes of at least 4 members (excludes halogenated alkanes) is 3. The third-order valence-electron chi connectivity index (χ3n) is 3.92. The van der Waals surface area contributed by atoms with Crippen molar-refractivity contribution in [2.24, 2.45) is 0 Å². The molecule has 1 fully saturated rings. The molecular formula is C16H24ClFN2. The first-order valence-electron chi connectivity index (χ1n) is 7.58. The van der Waals surface area contributed by atoms with Gasteiger partial charge in [0.25, 0.3) is 0 Å². The number of rotatable bonds is 7. The van der Waals surface area contributed by atoms with Crippen LogP contribution in [0.5, 0.6) is 0 Å². The lowest BCUT2D eigenvalue weighted by Crippen LogP contribution is -2.46. The van der Waals surface area contributed by atoms with Gasteiger partial charge in [-0.15, -0.1) is 11.6 Å². The minimum absolute atomic E-state index is 0.163. The zero-order valence-corrected chi connectivity index (χ0v) is 12.8. The van der Waals surface area contributed by atoms with Crippen molar-refractivity contribution >= 4 is 17.3 Å². The summed E-state index contributed by atoms with van der Waals surface area (Å²) in [6, 6.07) is 6.82. The first-order chi connectivity index (χ1) is 9.79. The van der Waals surface area contributed by atoms with Crippen molar-refractivity contribution in [2.75, 3.05) is 43.5 Å². The van der Waals surface area contributed by atoms with Crippen molar-refractivity contribution in [1.29, 1.82) is 0 Å².